The van der Waals surface area contributed by atoms with Gasteiger partial charge in [0.05, 0.1) is 17.2 Å². The van der Waals surface area contributed by atoms with Crippen LogP contribution in [0.15, 0.2) is 23.1 Å². The van der Waals surface area contributed by atoms with E-state index in [0.29, 0.717) is 12.4 Å². The number of nitrogen functional groups attached to an aromatic ring is 1. The zero-order chi connectivity index (χ0) is 16.2. The SMILES string of the molecule is CCOc1ccc(N)c(S(=O)(=O)C(C)C(=O)NC(C)C)c1. The summed E-state index contributed by atoms with van der Waals surface area (Å²) in [4.78, 5) is 11.8. The van der Waals surface area contributed by atoms with Crippen LogP contribution in [0.4, 0.5) is 5.69 Å². The number of rotatable bonds is 6. The summed E-state index contributed by atoms with van der Waals surface area (Å²) in [5.74, 6) is -0.145. The topological polar surface area (TPSA) is 98.5 Å². The molecule has 1 aromatic carbocycles. The first kappa shape index (κ1) is 17.3. The molecule has 1 unspecified atom stereocenters. The second-order valence-electron chi connectivity index (χ2n) is 4.98. The minimum atomic E-state index is -3.87. The average molecular weight is 314 g/mol. The van der Waals surface area contributed by atoms with Gasteiger partial charge in [0, 0.05) is 12.1 Å². The van der Waals surface area contributed by atoms with E-state index >= 15 is 0 Å². The maximum Gasteiger partial charge on any atom is 0.238 e. The number of hydrogen-bond donors (Lipinski definition) is 2. The lowest BCUT2D eigenvalue weighted by atomic mass is 10.3. The van der Waals surface area contributed by atoms with Crippen molar-refractivity contribution in [2.75, 3.05) is 12.3 Å². The fourth-order valence-corrected chi connectivity index (χ4v) is 3.16. The van der Waals surface area contributed by atoms with Crippen molar-refractivity contribution in [3.8, 4) is 5.75 Å². The summed E-state index contributed by atoms with van der Waals surface area (Å²) in [5.41, 5.74) is 5.84. The van der Waals surface area contributed by atoms with E-state index in [1.165, 1.54) is 19.1 Å². The van der Waals surface area contributed by atoms with Gasteiger partial charge in [0.15, 0.2) is 9.84 Å². The zero-order valence-electron chi connectivity index (χ0n) is 12.7. The molecule has 0 aliphatic carbocycles. The van der Waals surface area contributed by atoms with E-state index in [1.54, 1.807) is 26.8 Å². The Labute approximate surface area is 125 Å². The lowest BCUT2D eigenvalue weighted by Gasteiger charge is -2.17. The molecule has 7 heteroatoms. The number of anilines is 1. The number of amides is 1. The fourth-order valence-electron chi connectivity index (χ4n) is 1.75. The molecule has 0 heterocycles. The van der Waals surface area contributed by atoms with Crippen LogP contribution in [0.25, 0.3) is 0 Å². The molecule has 3 N–H and O–H groups in total. The van der Waals surface area contributed by atoms with Crippen LogP contribution in [0.3, 0.4) is 0 Å². The van der Waals surface area contributed by atoms with Crippen molar-refractivity contribution in [1.29, 1.82) is 0 Å². The molecule has 118 valence electrons. The largest absolute Gasteiger partial charge is 0.494 e. The van der Waals surface area contributed by atoms with E-state index < -0.39 is 21.0 Å². The van der Waals surface area contributed by atoms with Crippen molar-refractivity contribution in [2.45, 2.75) is 43.9 Å². The molecule has 0 aliphatic rings. The van der Waals surface area contributed by atoms with Gasteiger partial charge in [-0.3, -0.25) is 4.79 Å². The molecule has 0 spiro atoms. The molecular weight excluding hydrogens is 292 g/mol. The molecular formula is C14H22N2O4S. The number of nitrogens with one attached hydrogen (secondary N) is 1. The molecule has 0 bridgehead atoms. The molecule has 6 nitrogen and oxygen atoms in total. The summed E-state index contributed by atoms with van der Waals surface area (Å²) >= 11 is 0. The first-order valence-corrected chi connectivity index (χ1v) is 8.31. The number of carbonyl (C=O) groups is 1. The summed E-state index contributed by atoms with van der Waals surface area (Å²) in [7, 11) is -3.87. The minimum absolute atomic E-state index is 0.0835. The Bertz CT molecular complexity index is 611. The molecule has 1 rings (SSSR count). The van der Waals surface area contributed by atoms with E-state index in [4.69, 9.17) is 10.5 Å². The molecule has 0 saturated carbocycles. The molecule has 1 aromatic rings. The highest BCUT2D eigenvalue weighted by Gasteiger charge is 2.31. The van der Waals surface area contributed by atoms with E-state index in [2.05, 4.69) is 5.32 Å². The standard InChI is InChI=1S/C14H22N2O4S/c1-5-20-11-6-7-12(15)13(8-11)21(18,19)10(4)14(17)16-9(2)3/h6-10H,5,15H2,1-4H3,(H,16,17). The van der Waals surface area contributed by atoms with Crippen molar-refractivity contribution in [2.24, 2.45) is 0 Å². The van der Waals surface area contributed by atoms with Gasteiger partial charge in [-0.25, -0.2) is 8.42 Å². The maximum absolute atomic E-state index is 12.5. The lowest BCUT2D eigenvalue weighted by molar-refractivity contribution is -0.120. The van der Waals surface area contributed by atoms with Gasteiger partial charge in [-0.2, -0.15) is 0 Å². The number of carbonyl (C=O) groups excluding carboxylic acids is 1. The van der Waals surface area contributed by atoms with Crippen molar-refractivity contribution in [3.05, 3.63) is 18.2 Å². The third kappa shape index (κ3) is 4.10. The fraction of sp³-hybridized carbons (Fsp3) is 0.500. The van der Waals surface area contributed by atoms with Gasteiger partial charge in [-0.15, -0.1) is 0 Å². The number of hydrogen-bond acceptors (Lipinski definition) is 5. The Hall–Kier alpha value is -1.76. The van der Waals surface area contributed by atoms with Gasteiger partial charge in [-0.1, -0.05) is 0 Å². The highest BCUT2D eigenvalue weighted by Crippen LogP contribution is 2.27. The molecule has 21 heavy (non-hydrogen) atoms. The van der Waals surface area contributed by atoms with Crippen LogP contribution in [0, 0.1) is 0 Å². The minimum Gasteiger partial charge on any atom is -0.494 e. The zero-order valence-corrected chi connectivity index (χ0v) is 13.5. The van der Waals surface area contributed by atoms with Crippen molar-refractivity contribution >= 4 is 21.4 Å². The second-order valence-corrected chi connectivity index (χ2v) is 7.22. The van der Waals surface area contributed by atoms with Crippen LogP contribution >= 0.6 is 0 Å². The van der Waals surface area contributed by atoms with E-state index in [1.807, 2.05) is 0 Å². The third-order valence-corrected chi connectivity index (χ3v) is 4.98. The van der Waals surface area contributed by atoms with Gasteiger partial charge >= 0.3 is 0 Å². The summed E-state index contributed by atoms with van der Waals surface area (Å²) in [6, 6.07) is 4.27. The van der Waals surface area contributed by atoms with Gasteiger partial charge in [0.1, 0.15) is 11.0 Å². The Morgan fingerprint density at radius 2 is 1.95 bits per heavy atom. The maximum atomic E-state index is 12.5. The molecule has 1 amide bonds. The Morgan fingerprint density at radius 1 is 1.33 bits per heavy atom. The lowest BCUT2D eigenvalue weighted by Crippen LogP contribution is -2.41. The molecule has 0 fully saturated rings. The average Bonchev–Trinajstić information content (AvgIpc) is 2.39. The van der Waals surface area contributed by atoms with Crippen molar-refractivity contribution in [3.63, 3.8) is 0 Å². The summed E-state index contributed by atoms with van der Waals surface area (Å²) in [6.07, 6.45) is 0. The van der Waals surface area contributed by atoms with Gasteiger partial charge in [-0.05, 0) is 39.8 Å². The third-order valence-electron chi connectivity index (χ3n) is 2.87. The van der Waals surface area contributed by atoms with E-state index in [9.17, 15) is 13.2 Å². The van der Waals surface area contributed by atoms with Gasteiger partial charge in [0.2, 0.25) is 5.91 Å². The van der Waals surface area contributed by atoms with Crippen molar-refractivity contribution in [1.82, 2.24) is 5.32 Å². The van der Waals surface area contributed by atoms with Crippen LogP contribution in [0.1, 0.15) is 27.7 Å². The highest BCUT2D eigenvalue weighted by molar-refractivity contribution is 7.93. The Balaban J connectivity index is 3.17. The smallest absolute Gasteiger partial charge is 0.238 e. The number of nitrogens with two attached hydrogens (primary N) is 1. The van der Waals surface area contributed by atoms with Crippen LogP contribution < -0.4 is 15.8 Å². The van der Waals surface area contributed by atoms with Crippen LogP contribution in [0.5, 0.6) is 5.75 Å². The molecule has 0 saturated heterocycles. The van der Waals surface area contributed by atoms with E-state index in [-0.39, 0.29) is 16.6 Å². The first-order chi connectivity index (χ1) is 9.70. The number of ether oxygens (including phenoxy) is 1. The molecule has 0 radical (unpaired) electrons. The molecule has 1 atom stereocenters. The summed E-state index contributed by atoms with van der Waals surface area (Å²) < 4.78 is 30.4. The summed E-state index contributed by atoms with van der Waals surface area (Å²) in [6.45, 7) is 7.08. The normalized spacial score (nSPS) is 13.0. The Kier molecular flexibility index (Phi) is 5.60. The highest BCUT2D eigenvalue weighted by atomic mass is 32.2. The predicted octanol–water partition coefficient (Wildman–Crippen LogP) is 1.35. The molecule has 0 aliphatic heterocycles. The van der Waals surface area contributed by atoms with Crippen LogP contribution in [-0.2, 0) is 14.6 Å². The van der Waals surface area contributed by atoms with Gasteiger partial charge < -0.3 is 15.8 Å². The quantitative estimate of drug-likeness (QED) is 0.772. The van der Waals surface area contributed by atoms with Crippen LogP contribution in [-0.4, -0.2) is 32.2 Å². The van der Waals surface area contributed by atoms with Crippen molar-refractivity contribution < 1.29 is 17.9 Å². The summed E-state index contributed by atoms with van der Waals surface area (Å²) in [5, 5.41) is 1.36. The monoisotopic (exact) mass is 314 g/mol. The first-order valence-electron chi connectivity index (χ1n) is 6.76. The van der Waals surface area contributed by atoms with Crippen LogP contribution in [0.2, 0.25) is 0 Å². The van der Waals surface area contributed by atoms with Gasteiger partial charge in [0.25, 0.3) is 0 Å². The predicted molar refractivity (Wildman–Crippen MR) is 81.9 cm³/mol. The Morgan fingerprint density at radius 3 is 2.48 bits per heavy atom. The molecule has 0 aromatic heterocycles. The number of benzene rings is 1. The number of sulfone groups is 1. The second kappa shape index (κ2) is 6.80. The van der Waals surface area contributed by atoms with E-state index in [0.717, 1.165) is 0 Å².